The molecule has 0 spiro atoms. The molecule has 2 aromatic rings. The zero-order valence-electron chi connectivity index (χ0n) is 11.6. The Morgan fingerprint density at radius 1 is 1.30 bits per heavy atom. The maximum Gasteiger partial charge on any atom is 0.0640 e. The van der Waals surface area contributed by atoms with Crippen LogP contribution in [0.25, 0.3) is 0 Å². The average Bonchev–Trinajstić information content (AvgIpc) is 3.21. The van der Waals surface area contributed by atoms with E-state index < -0.39 is 0 Å². The Labute approximate surface area is 119 Å². The van der Waals surface area contributed by atoms with Crippen LogP contribution in [0.2, 0.25) is 0 Å². The van der Waals surface area contributed by atoms with Gasteiger partial charge in [-0.3, -0.25) is 4.68 Å². The molecule has 0 radical (unpaired) electrons. The van der Waals surface area contributed by atoms with E-state index in [2.05, 4.69) is 40.7 Å². The molecule has 1 aliphatic carbocycles. The summed E-state index contributed by atoms with van der Waals surface area (Å²) in [4.78, 5) is 0. The molecule has 1 aromatic heterocycles. The van der Waals surface area contributed by atoms with Crippen molar-refractivity contribution in [1.29, 1.82) is 0 Å². The topological polar surface area (TPSA) is 50.1 Å². The SMILES string of the molecule is OCCn1cc(CNC(c2ccccc2)C2CC2)cn1. The molecular formula is C16H21N3O. The van der Waals surface area contributed by atoms with E-state index in [0.717, 1.165) is 12.5 Å². The second-order valence-electron chi connectivity index (χ2n) is 5.44. The van der Waals surface area contributed by atoms with Crippen molar-refractivity contribution >= 4 is 0 Å². The number of aromatic nitrogens is 2. The van der Waals surface area contributed by atoms with Gasteiger partial charge in [0.2, 0.25) is 0 Å². The van der Waals surface area contributed by atoms with Crippen molar-refractivity contribution in [1.82, 2.24) is 15.1 Å². The Kier molecular flexibility index (Phi) is 4.14. The summed E-state index contributed by atoms with van der Waals surface area (Å²) in [6, 6.07) is 11.1. The van der Waals surface area contributed by atoms with E-state index in [-0.39, 0.29) is 6.61 Å². The van der Waals surface area contributed by atoms with Crippen LogP contribution in [0.1, 0.15) is 30.0 Å². The third kappa shape index (κ3) is 3.26. The summed E-state index contributed by atoms with van der Waals surface area (Å²) >= 11 is 0. The second kappa shape index (κ2) is 6.20. The molecule has 4 nitrogen and oxygen atoms in total. The van der Waals surface area contributed by atoms with Gasteiger partial charge in [0.05, 0.1) is 19.3 Å². The van der Waals surface area contributed by atoms with Gasteiger partial charge in [-0.2, -0.15) is 5.10 Å². The van der Waals surface area contributed by atoms with Gasteiger partial charge in [0, 0.05) is 24.3 Å². The van der Waals surface area contributed by atoms with Gasteiger partial charge in [0.25, 0.3) is 0 Å². The lowest BCUT2D eigenvalue weighted by Crippen LogP contribution is -2.22. The lowest BCUT2D eigenvalue weighted by molar-refractivity contribution is 0.269. The third-order valence-electron chi connectivity index (χ3n) is 3.79. The average molecular weight is 271 g/mol. The van der Waals surface area contributed by atoms with Crippen molar-refractivity contribution in [2.45, 2.75) is 32.0 Å². The van der Waals surface area contributed by atoms with Crippen LogP contribution in [0.5, 0.6) is 0 Å². The van der Waals surface area contributed by atoms with E-state index in [1.54, 1.807) is 4.68 Å². The largest absolute Gasteiger partial charge is 0.394 e. The fourth-order valence-corrected chi connectivity index (χ4v) is 2.60. The van der Waals surface area contributed by atoms with E-state index >= 15 is 0 Å². The zero-order valence-corrected chi connectivity index (χ0v) is 11.6. The maximum absolute atomic E-state index is 8.90. The van der Waals surface area contributed by atoms with Gasteiger partial charge in [-0.05, 0) is 24.3 Å². The van der Waals surface area contributed by atoms with Crippen LogP contribution in [0.3, 0.4) is 0 Å². The second-order valence-corrected chi connectivity index (χ2v) is 5.44. The fraction of sp³-hybridized carbons (Fsp3) is 0.438. The van der Waals surface area contributed by atoms with Gasteiger partial charge in [-0.15, -0.1) is 0 Å². The molecule has 2 N–H and O–H groups in total. The highest BCUT2D eigenvalue weighted by Gasteiger charge is 2.31. The first-order chi connectivity index (χ1) is 9.86. The summed E-state index contributed by atoms with van der Waals surface area (Å²) in [5, 5.41) is 16.8. The lowest BCUT2D eigenvalue weighted by atomic mass is 10.0. The molecule has 0 saturated heterocycles. The monoisotopic (exact) mass is 271 g/mol. The normalized spacial score (nSPS) is 16.2. The Morgan fingerprint density at radius 2 is 2.10 bits per heavy atom. The Hall–Kier alpha value is -1.65. The molecular weight excluding hydrogens is 250 g/mol. The number of nitrogens with one attached hydrogen (secondary N) is 1. The van der Waals surface area contributed by atoms with Gasteiger partial charge in [-0.25, -0.2) is 0 Å². The summed E-state index contributed by atoms with van der Waals surface area (Å²) in [6.07, 6.45) is 6.50. The van der Waals surface area contributed by atoms with E-state index in [1.807, 2.05) is 12.4 Å². The Balaban J connectivity index is 1.62. The third-order valence-corrected chi connectivity index (χ3v) is 3.79. The van der Waals surface area contributed by atoms with Crippen LogP contribution in [-0.2, 0) is 13.1 Å². The summed E-state index contributed by atoms with van der Waals surface area (Å²) < 4.78 is 1.78. The molecule has 4 heteroatoms. The smallest absolute Gasteiger partial charge is 0.0640 e. The number of nitrogens with zero attached hydrogens (tertiary/aromatic N) is 2. The van der Waals surface area contributed by atoms with Crippen LogP contribution < -0.4 is 5.32 Å². The number of aliphatic hydroxyl groups excluding tert-OH is 1. The molecule has 0 bridgehead atoms. The summed E-state index contributed by atoms with van der Waals surface area (Å²) in [6.45, 7) is 1.51. The van der Waals surface area contributed by atoms with Crippen molar-refractivity contribution in [2.75, 3.05) is 6.61 Å². The van der Waals surface area contributed by atoms with Gasteiger partial charge >= 0.3 is 0 Å². The molecule has 1 atom stereocenters. The predicted octanol–water partition coefficient (Wildman–Crippen LogP) is 2.12. The quantitative estimate of drug-likeness (QED) is 0.811. The standard InChI is InChI=1S/C16H21N3O/c20-9-8-19-12-13(11-18-19)10-17-16(15-6-7-15)14-4-2-1-3-5-14/h1-5,11-12,15-17,20H,6-10H2. The molecule has 1 aliphatic rings. The maximum atomic E-state index is 8.90. The van der Waals surface area contributed by atoms with Crippen molar-refractivity contribution in [3.8, 4) is 0 Å². The van der Waals surface area contributed by atoms with E-state index in [9.17, 15) is 0 Å². The molecule has 0 amide bonds. The van der Waals surface area contributed by atoms with E-state index in [1.165, 1.54) is 24.0 Å². The highest BCUT2D eigenvalue weighted by atomic mass is 16.3. The first-order valence-corrected chi connectivity index (χ1v) is 7.27. The minimum atomic E-state index is 0.128. The molecule has 106 valence electrons. The summed E-state index contributed by atoms with van der Waals surface area (Å²) in [7, 11) is 0. The summed E-state index contributed by atoms with van der Waals surface area (Å²) in [5.41, 5.74) is 2.54. The Bertz CT molecular complexity index is 534. The van der Waals surface area contributed by atoms with Crippen molar-refractivity contribution in [3.63, 3.8) is 0 Å². The molecule has 0 aliphatic heterocycles. The molecule has 1 heterocycles. The van der Waals surface area contributed by atoms with Crippen LogP contribution in [0.15, 0.2) is 42.7 Å². The highest BCUT2D eigenvalue weighted by molar-refractivity contribution is 5.21. The minimum absolute atomic E-state index is 0.128. The first-order valence-electron chi connectivity index (χ1n) is 7.27. The number of rotatable bonds is 7. The first kappa shape index (κ1) is 13.3. The molecule has 1 unspecified atom stereocenters. The lowest BCUT2D eigenvalue weighted by Gasteiger charge is -2.18. The van der Waals surface area contributed by atoms with Crippen molar-refractivity contribution in [3.05, 3.63) is 53.9 Å². The number of hydrogen-bond donors (Lipinski definition) is 2. The summed E-state index contributed by atoms with van der Waals surface area (Å²) in [5.74, 6) is 0.768. The minimum Gasteiger partial charge on any atom is -0.394 e. The van der Waals surface area contributed by atoms with Crippen molar-refractivity contribution in [2.24, 2.45) is 5.92 Å². The van der Waals surface area contributed by atoms with Crippen molar-refractivity contribution < 1.29 is 5.11 Å². The number of benzene rings is 1. The van der Waals surface area contributed by atoms with Crippen LogP contribution in [0.4, 0.5) is 0 Å². The van der Waals surface area contributed by atoms with Crippen LogP contribution >= 0.6 is 0 Å². The number of aliphatic hydroxyl groups is 1. The zero-order chi connectivity index (χ0) is 13.8. The fourth-order valence-electron chi connectivity index (χ4n) is 2.60. The van der Waals surface area contributed by atoms with E-state index in [0.29, 0.717) is 12.6 Å². The van der Waals surface area contributed by atoms with Gasteiger partial charge < -0.3 is 10.4 Å². The predicted molar refractivity (Wildman–Crippen MR) is 78.1 cm³/mol. The van der Waals surface area contributed by atoms with E-state index in [4.69, 9.17) is 5.11 Å². The molecule has 1 saturated carbocycles. The highest BCUT2D eigenvalue weighted by Crippen LogP contribution is 2.41. The molecule has 1 aromatic carbocycles. The molecule has 1 fully saturated rings. The number of hydrogen-bond acceptors (Lipinski definition) is 3. The van der Waals surface area contributed by atoms with Gasteiger partial charge in [0.1, 0.15) is 0 Å². The van der Waals surface area contributed by atoms with Gasteiger partial charge in [-0.1, -0.05) is 30.3 Å². The molecule has 3 rings (SSSR count). The van der Waals surface area contributed by atoms with Crippen LogP contribution in [-0.4, -0.2) is 21.5 Å². The molecule has 20 heavy (non-hydrogen) atoms. The van der Waals surface area contributed by atoms with Crippen LogP contribution in [0, 0.1) is 5.92 Å². The van der Waals surface area contributed by atoms with Gasteiger partial charge in [0.15, 0.2) is 0 Å². The Morgan fingerprint density at radius 3 is 2.80 bits per heavy atom.